The highest BCUT2D eigenvalue weighted by atomic mass is 35.5. The van der Waals surface area contributed by atoms with E-state index in [2.05, 4.69) is 10.6 Å². The maximum Gasteiger partial charge on any atom is 0.253 e. The Labute approximate surface area is 129 Å². The maximum atomic E-state index is 12.7. The minimum atomic E-state index is -0.376. The molecule has 1 amide bonds. The lowest BCUT2D eigenvalue weighted by atomic mass is 10.0. The number of benzene rings is 1. The first-order valence-corrected chi connectivity index (χ1v) is 7.72. The van der Waals surface area contributed by atoms with E-state index in [0.29, 0.717) is 24.7 Å². The molecule has 0 aromatic heterocycles. The van der Waals surface area contributed by atoms with Crippen LogP contribution in [0.2, 0.25) is 5.02 Å². The molecule has 5 nitrogen and oxygen atoms in total. The van der Waals surface area contributed by atoms with Gasteiger partial charge in [0.1, 0.15) is 6.10 Å². The number of hydrogen-bond acceptors (Lipinski definition) is 4. The number of ether oxygens (including phenoxy) is 1. The van der Waals surface area contributed by atoms with Crippen LogP contribution >= 0.6 is 11.6 Å². The summed E-state index contributed by atoms with van der Waals surface area (Å²) in [5.41, 5.74) is 1.06. The zero-order valence-corrected chi connectivity index (χ0v) is 12.6. The van der Waals surface area contributed by atoms with Crippen molar-refractivity contribution in [3.63, 3.8) is 0 Å². The lowest BCUT2D eigenvalue weighted by Gasteiger charge is -2.39. The second-order valence-corrected chi connectivity index (χ2v) is 5.81. The van der Waals surface area contributed by atoms with Crippen molar-refractivity contribution in [2.24, 2.45) is 0 Å². The van der Waals surface area contributed by atoms with Crippen LogP contribution in [0.4, 0.5) is 0 Å². The molecule has 114 valence electrons. The van der Waals surface area contributed by atoms with Crippen molar-refractivity contribution in [2.75, 3.05) is 39.3 Å². The van der Waals surface area contributed by atoms with Gasteiger partial charge in [-0.25, -0.2) is 0 Å². The summed E-state index contributed by atoms with van der Waals surface area (Å²) in [5, 5.41) is 7.25. The topological polar surface area (TPSA) is 53.6 Å². The third-order valence-electron chi connectivity index (χ3n) is 3.96. The maximum absolute atomic E-state index is 12.7. The average molecular weight is 310 g/mol. The molecule has 2 fully saturated rings. The summed E-state index contributed by atoms with van der Waals surface area (Å²) in [6.45, 7) is 4.23. The van der Waals surface area contributed by atoms with Crippen molar-refractivity contribution in [1.29, 1.82) is 0 Å². The third-order valence-corrected chi connectivity index (χ3v) is 4.20. The minimum absolute atomic E-state index is 0.00970. The van der Waals surface area contributed by atoms with E-state index in [-0.39, 0.29) is 18.1 Å². The quantitative estimate of drug-likeness (QED) is 0.848. The molecule has 2 N–H and O–H groups in total. The number of rotatable bonds is 2. The number of hydrogen-bond donors (Lipinski definition) is 2. The zero-order chi connectivity index (χ0) is 14.7. The van der Waals surface area contributed by atoms with Crippen LogP contribution in [0.5, 0.6) is 0 Å². The zero-order valence-electron chi connectivity index (χ0n) is 11.8. The Morgan fingerprint density at radius 2 is 2.14 bits per heavy atom. The van der Waals surface area contributed by atoms with Gasteiger partial charge in [-0.15, -0.1) is 0 Å². The summed E-state index contributed by atoms with van der Waals surface area (Å²) in [5.74, 6) is 0.0636. The molecule has 0 bridgehead atoms. The van der Waals surface area contributed by atoms with Gasteiger partial charge in [0, 0.05) is 37.7 Å². The van der Waals surface area contributed by atoms with E-state index < -0.39 is 0 Å². The van der Waals surface area contributed by atoms with Crippen LogP contribution in [0.1, 0.15) is 11.6 Å². The number of morpholine rings is 1. The molecule has 6 heteroatoms. The van der Waals surface area contributed by atoms with E-state index in [9.17, 15) is 4.79 Å². The van der Waals surface area contributed by atoms with Crippen LogP contribution in [0.3, 0.4) is 0 Å². The van der Waals surface area contributed by atoms with E-state index >= 15 is 0 Å². The van der Waals surface area contributed by atoms with Crippen molar-refractivity contribution in [2.45, 2.75) is 12.1 Å². The number of nitrogens with one attached hydrogen (secondary N) is 2. The van der Waals surface area contributed by atoms with Gasteiger partial charge in [-0.2, -0.15) is 0 Å². The molecule has 2 aliphatic rings. The highest BCUT2D eigenvalue weighted by molar-refractivity contribution is 6.30. The Kier molecular flexibility index (Phi) is 4.75. The van der Waals surface area contributed by atoms with Crippen molar-refractivity contribution >= 4 is 17.5 Å². The second kappa shape index (κ2) is 6.75. The molecule has 1 aromatic carbocycles. The van der Waals surface area contributed by atoms with Gasteiger partial charge in [0.05, 0.1) is 12.6 Å². The molecule has 0 aliphatic carbocycles. The molecule has 2 atom stereocenters. The van der Waals surface area contributed by atoms with Crippen LogP contribution in [0.25, 0.3) is 0 Å². The highest BCUT2D eigenvalue weighted by Gasteiger charge is 2.33. The number of halogens is 1. The predicted octanol–water partition coefficient (Wildman–Crippen LogP) is 0.801. The summed E-state index contributed by atoms with van der Waals surface area (Å²) in [7, 11) is 0. The van der Waals surface area contributed by atoms with Crippen molar-refractivity contribution < 1.29 is 9.53 Å². The van der Waals surface area contributed by atoms with Gasteiger partial charge in [0.2, 0.25) is 0 Å². The van der Waals surface area contributed by atoms with Crippen LogP contribution < -0.4 is 10.6 Å². The Balaban J connectivity index is 1.79. The predicted molar refractivity (Wildman–Crippen MR) is 81.4 cm³/mol. The van der Waals surface area contributed by atoms with Crippen LogP contribution in [-0.4, -0.2) is 56.2 Å². The number of carbonyl (C=O) groups excluding carboxylic acids is 1. The van der Waals surface area contributed by atoms with Gasteiger partial charge in [-0.1, -0.05) is 23.7 Å². The highest BCUT2D eigenvalue weighted by Crippen LogP contribution is 2.25. The lowest BCUT2D eigenvalue weighted by molar-refractivity contribution is -0.148. The Morgan fingerprint density at radius 3 is 2.90 bits per heavy atom. The molecular formula is C15H20ClN3O2. The minimum Gasteiger partial charge on any atom is -0.366 e. The third kappa shape index (κ3) is 3.37. The molecule has 21 heavy (non-hydrogen) atoms. The Bertz CT molecular complexity index is 505. The van der Waals surface area contributed by atoms with Crippen molar-refractivity contribution in [3.05, 3.63) is 34.9 Å². The van der Waals surface area contributed by atoms with Gasteiger partial charge < -0.3 is 20.3 Å². The summed E-state index contributed by atoms with van der Waals surface area (Å²) in [4.78, 5) is 14.6. The molecule has 0 saturated carbocycles. The van der Waals surface area contributed by atoms with E-state index in [1.54, 1.807) is 0 Å². The summed E-state index contributed by atoms with van der Waals surface area (Å²) in [6.07, 6.45) is -0.376. The number of piperazine rings is 1. The first-order chi connectivity index (χ1) is 10.3. The molecule has 3 rings (SSSR count). The monoisotopic (exact) mass is 309 g/mol. The van der Waals surface area contributed by atoms with E-state index in [4.69, 9.17) is 16.3 Å². The average Bonchev–Trinajstić information content (AvgIpc) is 2.55. The van der Waals surface area contributed by atoms with Crippen LogP contribution in [0, 0.1) is 0 Å². The largest absolute Gasteiger partial charge is 0.366 e. The number of carbonyl (C=O) groups is 1. The fourth-order valence-electron chi connectivity index (χ4n) is 2.89. The smallest absolute Gasteiger partial charge is 0.253 e. The van der Waals surface area contributed by atoms with Crippen molar-refractivity contribution in [1.82, 2.24) is 15.5 Å². The van der Waals surface area contributed by atoms with E-state index in [1.165, 1.54) is 0 Å². The van der Waals surface area contributed by atoms with Crippen LogP contribution in [-0.2, 0) is 9.53 Å². The number of amides is 1. The molecule has 1 aromatic rings. The summed E-state index contributed by atoms with van der Waals surface area (Å²) < 4.78 is 5.60. The van der Waals surface area contributed by atoms with Gasteiger partial charge in [-0.05, 0) is 17.7 Å². The van der Waals surface area contributed by atoms with E-state index in [1.807, 2.05) is 29.2 Å². The molecule has 0 spiro atoms. The standard InChI is InChI=1S/C15H20ClN3O2/c16-12-3-1-2-11(8-12)13-9-17-4-6-19(13)15(20)14-10-18-5-7-21-14/h1-3,8,13-14,17-18H,4-7,9-10H2. The molecule has 0 radical (unpaired) electrons. The van der Waals surface area contributed by atoms with Gasteiger partial charge >= 0.3 is 0 Å². The lowest BCUT2D eigenvalue weighted by Crippen LogP contribution is -2.55. The normalized spacial score (nSPS) is 26.6. The van der Waals surface area contributed by atoms with E-state index in [0.717, 1.165) is 25.2 Å². The molecule has 2 aliphatic heterocycles. The molecule has 2 heterocycles. The first kappa shape index (κ1) is 14.8. The second-order valence-electron chi connectivity index (χ2n) is 5.37. The van der Waals surface area contributed by atoms with Crippen molar-refractivity contribution in [3.8, 4) is 0 Å². The number of nitrogens with zero attached hydrogens (tertiary/aromatic N) is 1. The van der Waals surface area contributed by atoms with Gasteiger partial charge in [0.25, 0.3) is 5.91 Å². The molecule has 2 unspecified atom stereocenters. The molecule has 2 saturated heterocycles. The SMILES string of the molecule is O=C(C1CNCCO1)N1CCNCC1c1cccc(Cl)c1. The first-order valence-electron chi connectivity index (χ1n) is 7.34. The molecular weight excluding hydrogens is 290 g/mol. The fraction of sp³-hybridized carbons (Fsp3) is 0.533. The summed E-state index contributed by atoms with van der Waals surface area (Å²) in [6, 6.07) is 7.73. The van der Waals surface area contributed by atoms with Gasteiger partial charge in [0.15, 0.2) is 0 Å². The Morgan fingerprint density at radius 1 is 1.29 bits per heavy atom. The fourth-order valence-corrected chi connectivity index (χ4v) is 3.09. The van der Waals surface area contributed by atoms with Crippen LogP contribution in [0.15, 0.2) is 24.3 Å². The van der Waals surface area contributed by atoms with Gasteiger partial charge in [-0.3, -0.25) is 4.79 Å². The Hall–Kier alpha value is -1.14. The summed E-state index contributed by atoms with van der Waals surface area (Å²) >= 11 is 6.08.